The van der Waals surface area contributed by atoms with E-state index >= 15 is 0 Å². The van der Waals surface area contributed by atoms with Gasteiger partial charge in [0, 0.05) is 23.3 Å². The van der Waals surface area contributed by atoms with Crippen LogP contribution in [0.3, 0.4) is 0 Å². The highest BCUT2D eigenvalue weighted by molar-refractivity contribution is 5.94. The van der Waals surface area contributed by atoms with E-state index in [2.05, 4.69) is 4.98 Å². The molecule has 1 aromatic carbocycles. The van der Waals surface area contributed by atoms with Crippen LogP contribution in [0.1, 0.15) is 18.5 Å². The van der Waals surface area contributed by atoms with Crippen molar-refractivity contribution in [2.75, 3.05) is 11.4 Å². The molecule has 2 heterocycles. The van der Waals surface area contributed by atoms with Crippen LogP contribution >= 0.6 is 0 Å². The van der Waals surface area contributed by atoms with Gasteiger partial charge in [-0.25, -0.2) is 9.18 Å². The number of fused-ring (bicyclic) bond motifs is 1. The zero-order valence-electron chi connectivity index (χ0n) is 11.1. The predicted octanol–water partition coefficient (Wildman–Crippen LogP) is 2.74. The quantitative estimate of drug-likeness (QED) is 0.915. The molecule has 1 saturated heterocycles. The maximum Gasteiger partial charge on any atom is 0.326 e. The summed E-state index contributed by atoms with van der Waals surface area (Å²) in [5, 5.41) is 9.98. The minimum Gasteiger partial charge on any atom is -0.480 e. The summed E-state index contributed by atoms with van der Waals surface area (Å²) >= 11 is 0. The van der Waals surface area contributed by atoms with Gasteiger partial charge in [-0.05, 0) is 44.0 Å². The third kappa shape index (κ3) is 2.09. The maximum absolute atomic E-state index is 13.5. The third-order valence-corrected chi connectivity index (χ3v) is 3.72. The predicted molar refractivity (Wildman–Crippen MR) is 74.4 cm³/mol. The van der Waals surface area contributed by atoms with Crippen LogP contribution in [0.5, 0.6) is 0 Å². The molecule has 1 aliphatic heterocycles. The van der Waals surface area contributed by atoms with E-state index in [-0.39, 0.29) is 5.82 Å². The molecule has 20 heavy (non-hydrogen) atoms. The van der Waals surface area contributed by atoms with Crippen LogP contribution in [-0.2, 0) is 4.79 Å². The van der Waals surface area contributed by atoms with E-state index in [4.69, 9.17) is 0 Å². The molecule has 0 saturated carbocycles. The molecule has 0 amide bonds. The number of nitrogens with zero attached hydrogens (tertiary/aromatic N) is 2. The Labute approximate surface area is 115 Å². The van der Waals surface area contributed by atoms with Crippen molar-refractivity contribution in [1.82, 2.24) is 4.98 Å². The van der Waals surface area contributed by atoms with Gasteiger partial charge in [0.2, 0.25) is 0 Å². The van der Waals surface area contributed by atoms with Crippen LogP contribution in [0.4, 0.5) is 10.1 Å². The number of hydrogen-bond acceptors (Lipinski definition) is 3. The lowest BCUT2D eigenvalue weighted by Gasteiger charge is -2.25. The minimum atomic E-state index is -0.832. The molecule has 0 unspecified atom stereocenters. The highest BCUT2D eigenvalue weighted by atomic mass is 19.1. The Kier molecular flexibility index (Phi) is 3.04. The molecular weight excluding hydrogens is 259 g/mol. The van der Waals surface area contributed by atoms with Crippen LogP contribution in [0, 0.1) is 12.7 Å². The summed E-state index contributed by atoms with van der Waals surface area (Å²) < 4.78 is 13.5. The van der Waals surface area contributed by atoms with Crippen molar-refractivity contribution < 1.29 is 14.3 Å². The Morgan fingerprint density at radius 3 is 3.00 bits per heavy atom. The molecule has 0 radical (unpaired) electrons. The molecule has 5 heteroatoms. The van der Waals surface area contributed by atoms with E-state index in [1.165, 1.54) is 12.1 Å². The molecule has 1 fully saturated rings. The van der Waals surface area contributed by atoms with Crippen LogP contribution < -0.4 is 4.90 Å². The van der Waals surface area contributed by atoms with Crippen LogP contribution in [0.15, 0.2) is 24.3 Å². The topological polar surface area (TPSA) is 53.4 Å². The molecule has 3 rings (SSSR count). The van der Waals surface area contributed by atoms with Crippen molar-refractivity contribution >= 4 is 22.6 Å². The van der Waals surface area contributed by atoms with E-state index in [9.17, 15) is 14.3 Å². The second-order valence-electron chi connectivity index (χ2n) is 5.13. The lowest BCUT2D eigenvalue weighted by atomic mass is 10.1. The van der Waals surface area contributed by atoms with Gasteiger partial charge in [-0.1, -0.05) is 0 Å². The second kappa shape index (κ2) is 4.74. The van der Waals surface area contributed by atoms with Crippen LogP contribution in [0.25, 0.3) is 10.9 Å². The number of carbonyl (C=O) groups is 1. The number of rotatable bonds is 2. The summed E-state index contributed by atoms with van der Waals surface area (Å²) in [6.07, 6.45) is 1.45. The fourth-order valence-corrected chi connectivity index (χ4v) is 2.86. The highest BCUT2D eigenvalue weighted by Crippen LogP contribution is 2.32. The Bertz CT molecular complexity index is 687. The van der Waals surface area contributed by atoms with Gasteiger partial charge in [-0.15, -0.1) is 0 Å². The molecular formula is C15H15FN2O2. The van der Waals surface area contributed by atoms with E-state index in [0.29, 0.717) is 23.9 Å². The summed E-state index contributed by atoms with van der Waals surface area (Å²) in [6, 6.07) is 5.73. The van der Waals surface area contributed by atoms with Gasteiger partial charge >= 0.3 is 5.97 Å². The van der Waals surface area contributed by atoms with Crippen LogP contribution in [0.2, 0.25) is 0 Å². The monoisotopic (exact) mass is 274 g/mol. The normalized spacial score (nSPS) is 18.7. The molecule has 4 nitrogen and oxygen atoms in total. The molecule has 1 aliphatic rings. The van der Waals surface area contributed by atoms with Gasteiger partial charge < -0.3 is 10.0 Å². The van der Waals surface area contributed by atoms with Crippen molar-refractivity contribution in [3.05, 3.63) is 35.8 Å². The highest BCUT2D eigenvalue weighted by Gasteiger charge is 2.31. The zero-order chi connectivity index (χ0) is 14.3. The SMILES string of the molecule is Cc1cc(N2CCC[C@H]2C(=O)O)c2cc(F)ccc2n1. The number of carboxylic acids is 1. The van der Waals surface area contributed by atoms with Gasteiger partial charge in [0.1, 0.15) is 11.9 Å². The van der Waals surface area contributed by atoms with Crippen LogP contribution in [-0.4, -0.2) is 28.6 Å². The standard InChI is InChI=1S/C15H15FN2O2/c1-9-7-14(18-6-2-3-13(18)15(19)20)11-8-10(16)4-5-12(11)17-9/h4-5,7-8,13H,2-3,6H2,1H3,(H,19,20)/t13-/m0/s1. The minimum absolute atomic E-state index is 0.338. The molecule has 1 atom stereocenters. The first-order chi connectivity index (χ1) is 9.56. The third-order valence-electron chi connectivity index (χ3n) is 3.72. The fourth-order valence-electron chi connectivity index (χ4n) is 2.86. The van der Waals surface area contributed by atoms with Gasteiger partial charge in [-0.3, -0.25) is 4.98 Å². The number of benzene rings is 1. The number of hydrogen-bond donors (Lipinski definition) is 1. The Hall–Kier alpha value is -2.17. The number of pyridine rings is 1. The number of anilines is 1. The Balaban J connectivity index is 2.19. The number of aliphatic carboxylic acids is 1. The second-order valence-corrected chi connectivity index (χ2v) is 5.13. The lowest BCUT2D eigenvalue weighted by Crippen LogP contribution is -2.36. The number of aromatic nitrogens is 1. The maximum atomic E-state index is 13.5. The summed E-state index contributed by atoms with van der Waals surface area (Å²) in [6.45, 7) is 2.53. The van der Waals surface area contributed by atoms with Gasteiger partial charge in [0.25, 0.3) is 0 Å². The summed E-state index contributed by atoms with van der Waals surface area (Å²) in [5.74, 6) is -1.17. The molecule has 1 N–H and O–H groups in total. The smallest absolute Gasteiger partial charge is 0.326 e. The van der Waals surface area contributed by atoms with E-state index in [1.54, 1.807) is 6.07 Å². The molecule has 2 aromatic rings. The number of halogens is 1. The Morgan fingerprint density at radius 1 is 1.45 bits per heavy atom. The van der Waals surface area contributed by atoms with Crippen molar-refractivity contribution in [1.29, 1.82) is 0 Å². The van der Waals surface area contributed by atoms with Crippen molar-refractivity contribution in [3.8, 4) is 0 Å². The fraction of sp³-hybridized carbons (Fsp3) is 0.333. The first kappa shape index (κ1) is 12.8. The lowest BCUT2D eigenvalue weighted by molar-refractivity contribution is -0.138. The Morgan fingerprint density at radius 2 is 2.25 bits per heavy atom. The van der Waals surface area contributed by atoms with E-state index in [0.717, 1.165) is 17.8 Å². The first-order valence-corrected chi connectivity index (χ1v) is 6.62. The first-order valence-electron chi connectivity index (χ1n) is 6.62. The zero-order valence-corrected chi connectivity index (χ0v) is 11.1. The van der Waals surface area contributed by atoms with Gasteiger partial charge in [0.15, 0.2) is 0 Å². The van der Waals surface area contributed by atoms with Crippen molar-refractivity contribution in [3.63, 3.8) is 0 Å². The van der Waals surface area contributed by atoms with Crippen molar-refractivity contribution in [2.24, 2.45) is 0 Å². The van der Waals surface area contributed by atoms with E-state index < -0.39 is 12.0 Å². The van der Waals surface area contributed by atoms with Gasteiger partial charge in [-0.2, -0.15) is 0 Å². The molecule has 104 valence electrons. The molecule has 0 aliphatic carbocycles. The summed E-state index contributed by atoms with van der Waals surface area (Å²) in [4.78, 5) is 17.6. The van der Waals surface area contributed by atoms with Gasteiger partial charge in [0.05, 0.1) is 5.52 Å². The molecule has 1 aromatic heterocycles. The summed E-state index contributed by atoms with van der Waals surface area (Å²) in [7, 11) is 0. The largest absolute Gasteiger partial charge is 0.480 e. The average molecular weight is 274 g/mol. The number of carboxylic acid groups (broad SMARTS) is 1. The van der Waals surface area contributed by atoms with E-state index in [1.807, 2.05) is 17.9 Å². The van der Waals surface area contributed by atoms with Crippen molar-refractivity contribution in [2.45, 2.75) is 25.8 Å². The number of aryl methyl sites for hydroxylation is 1. The summed E-state index contributed by atoms with van der Waals surface area (Å²) in [5.41, 5.74) is 2.25. The molecule has 0 spiro atoms. The molecule has 0 bridgehead atoms. The average Bonchev–Trinajstić information content (AvgIpc) is 2.87.